The zero-order chi connectivity index (χ0) is 22.8. The maximum Gasteiger partial charge on any atom is 0.310 e. The molecule has 2 fully saturated rings. The van der Waals surface area contributed by atoms with Gasteiger partial charge in [0.1, 0.15) is 0 Å². The van der Waals surface area contributed by atoms with Crippen LogP contribution in [0.4, 0.5) is 0 Å². The highest BCUT2D eigenvalue weighted by Gasteiger charge is 2.36. The van der Waals surface area contributed by atoms with Gasteiger partial charge in [0.25, 0.3) is 0 Å². The first-order valence-electron chi connectivity index (χ1n) is 12.2. The zero-order valence-corrected chi connectivity index (χ0v) is 20.1. The van der Waals surface area contributed by atoms with E-state index in [1.54, 1.807) is 0 Å². The van der Waals surface area contributed by atoms with E-state index in [0.717, 1.165) is 71.3 Å². The van der Waals surface area contributed by atoms with Crippen molar-refractivity contribution in [2.75, 3.05) is 66.0 Å². The second kappa shape index (κ2) is 12.8. The van der Waals surface area contributed by atoms with Gasteiger partial charge in [-0.1, -0.05) is 37.3 Å². The molecule has 0 spiro atoms. The third-order valence-electron chi connectivity index (χ3n) is 6.61. The smallest absolute Gasteiger partial charge is 0.310 e. The van der Waals surface area contributed by atoms with Crippen molar-refractivity contribution < 1.29 is 9.53 Å². The Morgan fingerprint density at radius 1 is 1.09 bits per heavy atom. The summed E-state index contributed by atoms with van der Waals surface area (Å²) in [7, 11) is 1.47. The van der Waals surface area contributed by atoms with Crippen molar-refractivity contribution in [2.24, 2.45) is 16.8 Å². The van der Waals surface area contributed by atoms with Crippen molar-refractivity contribution in [3.8, 4) is 0 Å². The summed E-state index contributed by atoms with van der Waals surface area (Å²) in [5.41, 5.74) is 1.40. The zero-order valence-electron chi connectivity index (χ0n) is 20.1. The highest BCUT2D eigenvalue weighted by atomic mass is 16.5. The number of carbonyl (C=O) groups is 1. The highest BCUT2D eigenvalue weighted by molar-refractivity contribution is 5.82. The number of unbranched alkanes of at least 4 members (excludes halogenated alkanes) is 1. The van der Waals surface area contributed by atoms with Gasteiger partial charge in [-0.05, 0) is 37.8 Å². The molecule has 0 radical (unpaired) electrons. The normalized spacial score (nSPS) is 22.8. The van der Waals surface area contributed by atoms with Crippen LogP contribution in [-0.2, 0) is 16.1 Å². The van der Waals surface area contributed by atoms with E-state index < -0.39 is 0 Å². The number of guanidine groups is 1. The van der Waals surface area contributed by atoms with Crippen molar-refractivity contribution >= 4 is 11.9 Å². The molecule has 1 aromatic carbocycles. The molecule has 1 aromatic rings. The summed E-state index contributed by atoms with van der Waals surface area (Å²) in [6.07, 6.45) is 2.26. The number of likely N-dealkylation sites (tertiary alicyclic amines) is 1. The summed E-state index contributed by atoms with van der Waals surface area (Å²) in [6.45, 7) is 14.2. The van der Waals surface area contributed by atoms with E-state index in [4.69, 9.17) is 9.73 Å². The number of nitrogens with zero attached hydrogens (tertiary/aromatic N) is 4. The van der Waals surface area contributed by atoms with Crippen molar-refractivity contribution in [1.29, 1.82) is 0 Å². The molecule has 7 heteroatoms. The summed E-state index contributed by atoms with van der Waals surface area (Å²) < 4.78 is 4.97. The van der Waals surface area contributed by atoms with E-state index in [1.165, 1.54) is 19.1 Å². The van der Waals surface area contributed by atoms with Crippen LogP contribution < -0.4 is 5.32 Å². The van der Waals surface area contributed by atoms with Crippen LogP contribution in [-0.4, -0.2) is 92.6 Å². The van der Waals surface area contributed by atoms with Gasteiger partial charge in [-0.2, -0.15) is 0 Å². The lowest BCUT2D eigenvalue weighted by molar-refractivity contribution is -0.145. The Kier molecular flexibility index (Phi) is 9.81. The number of hydrogen-bond acceptors (Lipinski definition) is 5. The molecular formula is C25H41N5O2. The minimum Gasteiger partial charge on any atom is -0.469 e. The number of benzene rings is 1. The second-order valence-electron chi connectivity index (χ2n) is 9.06. The average Bonchev–Trinajstić information content (AvgIpc) is 3.21. The molecule has 32 heavy (non-hydrogen) atoms. The van der Waals surface area contributed by atoms with E-state index in [2.05, 4.69) is 64.2 Å². The Morgan fingerprint density at radius 2 is 1.81 bits per heavy atom. The summed E-state index contributed by atoms with van der Waals surface area (Å²) >= 11 is 0. The summed E-state index contributed by atoms with van der Waals surface area (Å²) in [5, 5.41) is 3.40. The predicted octanol–water partition coefficient (Wildman–Crippen LogP) is 2.29. The Labute approximate surface area is 193 Å². The third kappa shape index (κ3) is 7.20. The molecule has 2 heterocycles. The fourth-order valence-corrected chi connectivity index (χ4v) is 4.67. The van der Waals surface area contributed by atoms with Crippen LogP contribution in [0.3, 0.4) is 0 Å². The van der Waals surface area contributed by atoms with Crippen LogP contribution >= 0.6 is 0 Å². The molecule has 0 saturated carbocycles. The first kappa shape index (κ1) is 24.5. The monoisotopic (exact) mass is 443 g/mol. The fraction of sp³-hybridized carbons (Fsp3) is 0.680. The number of carbonyl (C=O) groups excluding carboxylic acids is 1. The van der Waals surface area contributed by atoms with Gasteiger partial charge in [-0.3, -0.25) is 14.7 Å². The minimum atomic E-state index is -0.111. The fourth-order valence-electron chi connectivity index (χ4n) is 4.67. The Bertz CT molecular complexity index is 718. The predicted molar refractivity (Wildman–Crippen MR) is 130 cm³/mol. The molecule has 0 amide bonds. The van der Waals surface area contributed by atoms with Crippen molar-refractivity contribution in [2.45, 2.75) is 33.2 Å². The lowest BCUT2D eigenvalue weighted by Gasteiger charge is -2.34. The first-order valence-corrected chi connectivity index (χ1v) is 12.2. The highest BCUT2D eigenvalue weighted by Crippen LogP contribution is 2.24. The van der Waals surface area contributed by atoms with E-state index in [1.807, 2.05) is 0 Å². The lowest BCUT2D eigenvalue weighted by Crippen LogP contribution is -2.46. The number of nitrogens with one attached hydrogen (secondary N) is 1. The molecule has 0 aromatic heterocycles. The lowest BCUT2D eigenvalue weighted by atomic mass is 9.99. The molecule has 2 atom stereocenters. The van der Waals surface area contributed by atoms with Gasteiger partial charge in [0, 0.05) is 58.9 Å². The summed E-state index contributed by atoms with van der Waals surface area (Å²) in [5.74, 6) is 1.04. The molecule has 2 unspecified atom stereocenters. The number of rotatable bonds is 9. The van der Waals surface area contributed by atoms with Crippen LogP contribution in [0.15, 0.2) is 35.3 Å². The van der Waals surface area contributed by atoms with Crippen LogP contribution in [0, 0.1) is 11.8 Å². The molecule has 2 aliphatic rings. The number of aliphatic imine (C=N–C) groups is 1. The molecular weight excluding hydrogens is 402 g/mol. The molecule has 0 aliphatic carbocycles. The van der Waals surface area contributed by atoms with Gasteiger partial charge >= 0.3 is 5.97 Å². The topological polar surface area (TPSA) is 60.4 Å². The second-order valence-corrected chi connectivity index (χ2v) is 9.06. The van der Waals surface area contributed by atoms with Crippen LogP contribution in [0.25, 0.3) is 0 Å². The van der Waals surface area contributed by atoms with E-state index >= 15 is 0 Å². The van der Waals surface area contributed by atoms with Gasteiger partial charge in [0.2, 0.25) is 0 Å². The van der Waals surface area contributed by atoms with Crippen LogP contribution in [0.2, 0.25) is 0 Å². The van der Waals surface area contributed by atoms with Crippen molar-refractivity contribution in [1.82, 2.24) is 20.0 Å². The quantitative estimate of drug-likeness (QED) is 0.274. The molecule has 2 aliphatic heterocycles. The number of hydrogen-bond donors (Lipinski definition) is 1. The van der Waals surface area contributed by atoms with Gasteiger partial charge < -0.3 is 19.9 Å². The third-order valence-corrected chi connectivity index (χ3v) is 6.61. The minimum absolute atomic E-state index is 0.0654. The SMILES string of the molecule is CCNC(=NCCCCN1CCN(Cc2ccccc2)CC1)N1CC(C)C(C(=O)OC)C1. The van der Waals surface area contributed by atoms with E-state index in [0.29, 0.717) is 6.54 Å². The Morgan fingerprint density at radius 3 is 2.50 bits per heavy atom. The Balaban J connectivity index is 1.35. The summed E-state index contributed by atoms with van der Waals surface area (Å²) in [6, 6.07) is 10.8. The number of esters is 1. The van der Waals surface area contributed by atoms with E-state index in [9.17, 15) is 4.79 Å². The Hall–Kier alpha value is -2.12. The van der Waals surface area contributed by atoms with Gasteiger partial charge in [0.05, 0.1) is 13.0 Å². The number of piperazine rings is 1. The molecule has 178 valence electrons. The van der Waals surface area contributed by atoms with Gasteiger partial charge in [0.15, 0.2) is 5.96 Å². The maximum absolute atomic E-state index is 12.0. The standard InChI is InChI=1S/C25H41N5O2/c1-4-26-25(30-18-21(2)23(20-30)24(31)32-3)27-12-8-9-13-28-14-16-29(17-15-28)19-22-10-6-5-7-11-22/h5-7,10-11,21,23H,4,8-9,12-20H2,1-3H3,(H,26,27). The number of ether oxygens (including phenoxy) is 1. The molecule has 2 saturated heterocycles. The molecule has 3 rings (SSSR count). The largest absolute Gasteiger partial charge is 0.469 e. The van der Waals surface area contributed by atoms with Gasteiger partial charge in [-0.15, -0.1) is 0 Å². The maximum atomic E-state index is 12.0. The molecule has 1 N–H and O–H groups in total. The number of methoxy groups -OCH3 is 1. The first-order chi connectivity index (χ1) is 15.6. The molecule has 7 nitrogen and oxygen atoms in total. The van der Waals surface area contributed by atoms with Crippen molar-refractivity contribution in [3.05, 3.63) is 35.9 Å². The van der Waals surface area contributed by atoms with E-state index in [-0.39, 0.29) is 17.8 Å². The summed E-state index contributed by atoms with van der Waals surface area (Å²) in [4.78, 5) is 24.2. The van der Waals surface area contributed by atoms with Crippen molar-refractivity contribution in [3.63, 3.8) is 0 Å². The molecule has 0 bridgehead atoms. The average molecular weight is 444 g/mol. The van der Waals surface area contributed by atoms with Crippen LogP contribution in [0.1, 0.15) is 32.3 Å². The van der Waals surface area contributed by atoms with Gasteiger partial charge in [-0.25, -0.2) is 0 Å². The van der Waals surface area contributed by atoms with Crippen LogP contribution in [0.5, 0.6) is 0 Å².